The van der Waals surface area contributed by atoms with Gasteiger partial charge in [0.05, 0.1) is 0 Å². The maximum absolute atomic E-state index is 11.3. The zero-order valence-electron chi connectivity index (χ0n) is 10.1. The molecule has 20 heavy (non-hydrogen) atoms. The topological polar surface area (TPSA) is 129 Å². The van der Waals surface area contributed by atoms with Gasteiger partial charge in [0, 0.05) is 13.8 Å². The van der Waals surface area contributed by atoms with Crippen LogP contribution in [0.2, 0.25) is 0 Å². The Morgan fingerprint density at radius 3 is 1.50 bits per heavy atom. The highest BCUT2D eigenvalue weighted by molar-refractivity contribution is 7.13. The Balaban J connectivity index is 2.30. The Morgan fingerprint density at radius 1 is 0.900 bits per heavy atom. The molecule has 0 radical (unpaired) electrons. The highest BCUT2D eigenvalue weighted by atomic mass is 32.1. The lowest BCUT2D eigenvalue weighted by molar-refractivity contribution is 0.0909. The molecular formula is C8H6N6O4S2. The zero-order chi connectivity index (χ0) is 14.9. The zero-order valence-corrected chi connectivity index (χ0v) is 11.8. The molecule has 0 fully saturated rings. The van der Waals surface area contributed by atoms with Crippen molar-refractivity contribution in [3.05, 3.63) is 19.3 Å². The van der Waals surface area contributed by atoms with Gasteiger partial charge >= 0.3 is 9.75 Å². The van der Waals surface area contributed by atoms with Gasteiger partial charge in [-0.25, -0.2) is 0 Å². The van der Waals surface area contributed by atoms with Crippen molar-refractivity contribution in [2.75, 3.05) is 0 Å². The summed E-state index contributed by atoms with van der Waals surface area (Å²) < 4.78 is 1.30. The first kappa shape index (κ1) is 14.1. The molecule has 0 aliphatic rings. The fourth-order valence-electron chi connectivity index (χ4n) is 1.10. The largest absolute Gasteiger partial charge is 0.334 e. The number of aromatic nitrogens is 4. The highest BCUT2D eigenvalue weighted by Crippen LogP contribution is 2.17. The first-order chi connectivity index (χ1) is 9.38. The standard InChI is InChI=1S/C8H6N6O4S2/c1-3(15)13-7(17)19-5(11-13)9-10-6-12-14(4(2)16)8(18)20-6/h1-2H3/b10-9+. The van der Waals surface area contributed by atoms with Gasteiger partial charge in [0.25, 0.3) is 10.3 Å². The molecule has 0 atom stereocenters. The first-order valence-corrected chi connectivity index (χ1v) is 6.65. The van der Waals surface area contributed by atoms with E-state index in [-0.39, 0.29) is 10.3 Å². The van der Waals surface area contributed by atoms with E-state index in [0.717, 1.165) is 0 Å². The molecule has 2 aromatic rings. The molecule has 0 amide bonds. The van der Waals surface area contributed by atoms with Gasteiger partial charge in [-0.3, -0.25) is 19.2 Å². The molecule has 0 aromatic carbocycles. The van der Waals surface area contributed by atoms with Crippen molar-refractivity contribution >= 4 is 44.8 Å². The van der Waals surface area contributed by atoms with Gasteiger partial charge in [0.1, 0.15) is 0 Å². The van der Waals surface area contributed by atoms with Crippen LogP contribution in [0.15, 0.2) is 19.8 Å². The van der Waals surface area contributed by atoms with Crippen LogP contribution in [0.25, 0.3) is 0 Å². The van der Waals surface area contributed by atoms with E-state index in [9.17, 15) is 19.2 Å². The minimum Gasteiger partial charge on any atom is -0.273 e. The van der Waals surface area contributed by atoms with Gasteiger partial charge in [-0.05, 0) is 22.7 Å². The van der Waals surface area contributed by atoms with E-state index in [2.05, 4.69) is 20.4 Å². The number of hydrogen-bond acceptors (Lipinski definition) is 10. The van der Waals surface area contributed by atoms with E-state index in [1.807, 2.05) is 0 Å². The minimum atomic E-state index is -0.589. The number of carbonyl (C=O) groups excluding carboxylic acids is 2. The molecule has 2 rings (SSSR count). The van der Waals surface area contributed by atoms with E-state index in [1.165, 1.54) is 13.8 Å². The molecule has 2 heterocycles. The monoisotopic (exact) mass is 314 g/mol. The molecule has 10 nitrogen and oxygen atoms in total. The van der Waals surface area contributed by atoms with Gasteiger partial charge in [-0.1, -0.05) is 0 Å². The van der Waals surface area contributed by atoms with Crippen molar-refractivity contribution < 1.29 is 9.59 Å². The van der Waals surface area contributed by atoms with Crippen LogP contribution in [0.5, 0.6) is 0 Å². The quantitative estimate of drug-likeness (QED) is 0.749. The first-order valence-electron chi connectivity index (χ1n) is 5.02. The highest BCUT2D eigenvalue weighted by Gasteiger charge is 2.11. The Kier molecular flexibility index (Phi) is 3.76. The number of carbonyl (C=O) groups is 2. The summed E-state index contributed by atoms with van der Waals surface area (Å²) in [6.45, 7) is 2.37. The molecule has 0 saturated heterocycles. The molecule has 0 aliphatic carbocycles. The summed E-state index contributed by atoms with van der Waals surface area (Å²) in [6.07, 6.45) is 0. The van der Waals surface area contributed by atoms with Crippen LogP contribution in [-0.4, -0.2) is 31.4 Å². The summed E-state index contributed by atoms with van der Waals surface area (Å²) in [6, 6.07) is 0. The molecule has 0 unspecified atom stereocenters. The molecular weight excluding hydrogens is 308 g/mol. The van der Waals surface area contributed by atoms with E-state index in [0.29, 0.717) is 32.0 Å². The van der Waals surface area contributed by atoms with Crippen molar-refractivity contribution in [2.24, 2.45) is 10.2 Å². The molecule has 0 bridgehead atoms. The maximum Gasteiger partial charge on any atom is 0.334 e. The SMILES string of the molecule is CC(=O)n1nc(/N=N/c2nn(C(C)=O)c(=O)s2)sc1=O. The van der Waals surface area contributed by atoms with Crippen LogP contribution in [0.4, 0.5) is 10.3 Å². The van der Waals surface area contributed by atoms with Crippen LogP contribution in [-0.2, 0) is 0 Å². The number of azo groups is 1. The second-order valence-corrected chi connectivity index (χ2v) is 5.20. The predicted octanol–water partition coefficient (Wildman–Crippen LogP) is 0.659. The summed E-state index contributed by atoms with van der Waals surface area (Å²) in [5.74, 6) is -1.09. The van der Waals surface area contributed by atoms with Crippen LogP contribution < -0.4 is 9.75 Å². The molecule has 12 heteroatoms. The van der Waals surface area contributed by atoms with Crippen LogP contribution in [0, 0.1) is 0 Å². The van der Waals surface area contributed by atoms with E-state index in [4.69, 9.17) is 0 Å². The third-order valence-corrected chi connectivity index (χ3v) is 3.28. The Hall–Kier alpha value is -2.34. The third-order valence-electron chi connectivity index (χ3n) is 1.89. The Labute approximate surface area is 118 Å². The number of rotatable bonds is 2. The fraction of sp³-hybridized carbons (Fsp3) is 0.250. The summed E-state index contributed by atoms with van der Waals surface area (Å²) >= 11 is 1.24. The summed E-state index contributed by atoms with van der Waals surface area (Å²) in [5, 5.41) is 14.3. The molecule has 0 saturated carbocycles. The molecule has 0 spiro atoms. The number of hydrogen-bond donors (Lipinski definition) is 0. The van der Waals surface area contributed by atoms with Crippen LogP contribution in [0.1, 0.15) is 23.4 Å². The predicted molar refractivity (Wildman–Crippen MR) is 69.5 cm³/mol. The van der Waals surface area contributed by atoms with Gasteiger partial charge in [-0.15, -0.1) is 20.4 Å². The molecule has 0 N–H and O–H groups in total. The summed E-state index contributed by atoms with van der Waals surface area (Å²) in [7, 11) is 0. The van der Waals surface area contributed by atoms with E-state index >= 15 is 0 Å². The minimum absolute atomic E-state index is 0.0535. The van der Waals surface area contributed by atoms with Crippen LogP contribution >= 0.6 is 22.7 Å². The average Bonchev–Trinajstić information content (AvgIpc) is 2.90. The lowest BCUT2D eigenvalue weighted by Gasteiger charge is -1.87. The van der Waals surface area contributed by atoms with Gasteiger partial charge in [0.2, 0.25) is 11.8 Å². The smallest absolute Gasteiger partial charge is 0.273 e. The summed E-state index contributed by atoms with van der Waals surface area (Å²) in [5.41, 5.74) is 0. The van der Waals surface area contributed by atoms with Crippen molar-refractivity contribution in [3.8, 4) is 0 Å². The Bertz CT molecular complexity index is 756. The van der Waals surface area contributed by atoms with Gasteiger partial charge < -0.3 is 0 Å². The van der Waals surface area contributed by atoms with E-state index < -0.39 is 21.6 Å². The Morgan fingerprint density at radius 2 is 1.25 bits per heavy atom. The second-order valence-electron chi connectivity index (χ2n) is 3.36. The van der Waals surface area contributed by atoms with E-state index in [1.54, 1.807) is 0 Å². The number of nitrogens with zero attached hydrogens (tertiary/aromatic N) is 6. The van der Waals surface area contributed by atoms with Gasteiger partial charge in [-0.2, -0.15) is 9.36 Å². The van der Waals surface area contributed by atoms with Gasteiger partial charge in [0.15, 0.2) is 0 Å². The summed E-state index contributed by atoms with van der Waals surface area (Å²) in [4.78, 5) is 43.5. The third kappa shape index (κ3) is 2.80. The molecule has 0 aliphatic heterocycles. The van der Waals surface area contributed by atoms with Crippen molar-refractivity contribution in [1.82, 2.24) is 19.6 Å². The normalized spacial score (nSPS) is 11.1. The van der Waals surface area contributed by atoms with Crippen LogP contribution in [0.3, 0.4) is 0 Å². The lowest BCUT2D eigenvalue weighted by atomic mass is 10.7. The maximum atomic E-state index is 11.3. The van der Waals surface area contributed by atoms with Crippen molar-refractivity contribution in [1.29, 1.82) is 0 Å². The van der Waals surface area contributed by atoms with Crippen molar-refractivity contribution in [3.63, 3.8) is 0 Å². The van der Waals surface area contributed by atoms with Crippen molar-refractivity contribution in [2.45, 2.75) is 13.8 Å². The fourth-order valence-corrected chi connectivity index (χ4v) is 2.33. The second kappa shape index (κ2) is 5.34. The molecule has 104 valence electrons. The lowest BCUT2D eigenvalue weighted by Crippen LogP contribution is -2.20. The average molecular weight is 314 g/mol. The molecule has 2 aromatic heterocycles.